The average molecular weight is 265 g/mol. The Hall–Kier alpha value is -1.55. The fourth-order valence-corrected chi connectivity index (χ4v) is 1.74. The molecule has 0 bridgehead atoms. The fourth-order valence-electron chi connectivity index (χ4n) is 1.74. The van der Waals surface area contributed by atoms with Crippen LogP contribution in [0.5, 0.6) is 5.75 Å². The van der Waals surface area contributed by atoms with Gasteiger partial charge in [-0.2, -0.15) is 0 Å². The quantitative estimate of drug-likeness (QED) is 0.830. The smallest absolute Gasteiger partial charge is 0.223 e. The van der Waals surface area contributed by atoms with Gasteiger partial charge in [0.25, 0.3) is 0 Å². The van der Waals surface area contributed by atoms with E-state index < -0.39 is 6.10 Å². The molecule has 1 aromatic carbocycles. The summed E-state index contributed by atoms with van der Waals surface area (Å²) in [7, 11) is 0. The van der Waals surface area contributed by atoms with Crippen molar-refractivity contribution in [2.45, 2.75) is 46.3 Å². The molecule has 2 N–H and O–H groups in total. The minimum atomic E-state index is -0.482. The number of aliphatic hydroxyl groups excluding tert-OH is 1. The van der Waals surface area contributed by atoms with Gasteiger partial charge < -0.3 is 15.2 Å². The third kappa shape index (κ3) is 5.30. The largest absolute Gasteiger partial charge is 0.493 e. The van der Waals surface area contributed by atoms with E-state index in [1.807, 2.05) is 39.0 Å². The predicted molar refractivity (Wildman–Crippen MR) is 75.2 cm³/mol. The van der Waals surface area contributed by atoms with E-state index in [1.165, 1.54) is 0 Å². The average Bonchev–Trinajstić information content (AvgIpc) is 2.29. The fraction of sp³-hybridized carbons (Fsp3) is 0.533. The van der Waals surface area contributed by atoms with Gasteiger partial charge in [0, 0.05) is 6.04 Å². The number of benzene rings is 1. The summed E-state index contributed by atoms with van der Waals surface area (Å²) < 4.78 is 5.58. The number of hydrogen-bond donors (Lipinski definition) is 2. The first-order valence-corrected chi connectivity index (χ1v) is 6.61. The molecule has 0 saturated heterocycles. The maximum absolute atomic E-state index is 11.4. The van der Waals surface area contributed by atoms with Crippen molar-refractivity contribution in [3.63, 3.8) is 0 Å². The second-order valence-corrected chi connectivity index (χ2v) is 5.02. The number of aliphatic hydroxyl groups is 1. The van der Waals surface area contributed by atoms with Gasteiger partial charge in [-0.15, -0.1) is 0 Å². The lowest BCUT2D eigenvalue weighted by molar-refractivity contribution is -0.122. The van der Waals surface area contributed by atoms with Gasteiger partial charge in [0.15, 0.2) is 0 Å². The molecule has 0 unspecified atom stereocenters. The van der Waals surface area contributed by atoms with E-state index >= 15 is 0 Å². The molecule has 19 heavy (non-hydrogen) atoms. The summed E-state index contributed by atoms with van der Waals surface area (Å²) in [5, 5.41) is 12.3. The Morgan fingerprint density at radius 3 is 2.58 bits per heavy atom. The maximum atomic E-state index is 11.4. The molecule has 0 saturated carbocycles. The number of carbonyl (C=O) groups is 1. The molecule has 0 aliphatic heterocycles. The second kappa shape index (κ2) is 7.14. The normalized spacial score (nSPS) is 12.3. The van der Waals surface area contributed by atoms with Crippen molar-refractivity contribution in [1.82, 2.24) is 5.32 Å². The lowest BCUT2D eigenvalue weighted by Gasteiger charge is -2.12. The van der Waals surface area contributed by atoms with Crippen LogP contribution in [0.4, 0.5) is 0 Å². The summed E-state index contributed by atoms with van der Waals surface area (Å²) in [5.74, 6) is 0.745. The number of ether oxygens (including phenoxy) is 1. The van der Waals surface area contributed by atoms with Gasteiger partial charge in [-0.1, -0.05) is 6.07 Å². The van der Waals surface area contributed by atoms with Gasteiger partial charge in [0.2, 0.25) is 5.91 Å². The molecule has 0 fully saturated rings. The van der Waals surface area contributed by atoms with Crippen LogP contribution in [0.2, 0.25) is 0 Å². The molecule has 0 radical (unpaired) electrons. The zero-order valence-electron chi connectivity index (χ0n) is 12.1. The van der Waals surface area contributed by atoms with Gasteiger partial charge in [0.1, 0.15) is 5.75 Å². The summed E-state index contributed by atoms with van der Waals surface area (Å²) >= 11 is 0. The Balaban J connectivity index is 2.48. The standard InChI is InChI=1S/C15H23NO3/c1-10(2)16-15(18)7-8-19-14-6-5-13(12(4)17)9-11(14)3/h5-6,9-10,12,17H,7-8H2,1-4H3,(H,16,18)/t12-/m0/s1. The highest BCUT2D eigenvalue weighted by Crippen LogP contribution is 2.22. The number of hydrogen-bond acceptors (Lipinski definition) is 3. The minimum absolute atomic E-state index is 0.00625. The van der Waals surface area contributed by atoms with Gasteiger partial charge in [0.05, 0.1) is 19.1 Å². The van der Waals surface area contributed by atoms with Crippen LogP contribution in [-0.2, 0) is 4.79 Å². The Labute approximate surface area is 114 Å². The van der Waals surface area contributed by atoms with Gasteiger partial charge in [-0.25, -0.2) is 0 Å². The van der Waals surface area contributed by atoms with E-state index in [-0.39, 0.29) is 11.9 Å². The molecule has 0 aliphatic carbocycles. The molecule has 1 aromatic rings. The molecule has 0 heterocycles. The van der Waals surface area contributed by atoms with Crippen molar-refractivity contribution in [2.24, 2.45) is 0 Å². The third-order valence-electron chi connectivity index (χ3n) is 2.72. The number of nitrogens with one attached hydrogen (secondary N) is 1. The summed E-state index contributed by atoms with van der Waals surface area (Å²) in [5.41, 5.74) is 1.82. The second-order valence-electron chi connectivity index (χ2n) is 5.02. The van der Waals surface area contributed by atoms with Crippen LogP contribution in [0.25, 0.3) is 0 Å². The van der Waals surface area contributed by atoms with Crippen LogP contribution in [-0.4, -0.2) is 23.7 Å². The first-order valence-electron chi connectivity index (χ1n) is 6.61. The molecular formula is C15H23NO3. The Morgan fingerprint density at radius 1 is 1.37 bits per heavy atom. The highest BCUT2D eigenvalue weighted by Gasteiger charge is 2.07. The van der Waals surface area contributed by atoms with Crippen molar-refractivity contribution in [2.75, 3.05) is 6.61 Å². The van der Waals surface area contributed by atoms with E-state index in [4.69, 9.17) is 4.74 Å². The van der Waals surface area contributed by atoms with Crippen molar-refractivity contribution in [3.8, 4) is 5.75 Å². The van der Waals surface area contributed by atoms with Crippen LogP contribution in [0, 0.1) is 6.92 Å². The van der Waals surface area contributed by atoms with Crippen LogP contribution in [0.15, 0.2) is 18.2 Å². The van der Waals surface area contributed by atoms with Crippen molar-refractivity contribution >= 4 is 5.91 Å². The first-order chi connectivity index (χ1) is 8.90. The SMILES string of the molecule is Cc1cc([C@H](C)O)ccc1OCCC(=O)NC(C)C. The third-order valence-corrected chi connectivity index (χ3v) is 2.72. The molecular weight excluding hydrogens is 242 g/mol. The zero-order valence-corrected chi connectivity index (χ0v) is 12.1. The highest BCUT2D eigenvalue weighted by molar-refractivity contribution is 5.76. The lowest BCUT2D eigenvalue weighted by atomic mass is 10.1. The van der Waals surface area contributed by atoms with Crippen LogP contribution < -0.4 is 10.1 Å². The topological polar surface area (TPSA) is 58.6 Å². The summed E-state index contributed by atoms with van der Waals surface area (Å²) in [4.78, 5) is 11.4. The molecule has 1 amide bonds. The van der Waals surface area contributed by atoms with Crippen molar-refractivity contribution in [3.05, 3.63) is 29.3 Å². The van der Waals surface area contributed by atoms with Crippen LogP contribution in [0.3, 0.4) is 0 Å². The van der Waals surface area contributed by atoms with Crippen molar-refractivity contribution in [1.29, 1.82) is 0 Å². The molecule has 0 aliphatic rings. The number of aryl methyl sites for hydroxylation is 1. The van der Waals surface area contributed by atoms with Crippen molar-refractivity contribution < 1.29 is 14.6 Å². The van der Waals surface area contributed by atoms with E-state index in [0.29, 0.717) is 13.0 Å². The monoisotopic (exact) mass is 265 g/mol. The molecule has 0 spiro atoms. The molecule has 1 atom stereocenters. The maximum Gasteiger partial charge on any atom is 0.223 e. The van der Waals surface area contributed by atoms with E-state index in [1.54, 1.807) is 6.92 Å². The Kier molecular flexibility index (Phi) is 5.83. The molecule has 106 valence electrons. The molecule has 4 nitrogen and oxygen atoms in total. The molecule has 1 rings (SSSR count). The van der Waals surface area contributed by atoms with E-state index in [0.717, 1.165) is 16.9 Å². The summed E-state index contributed by atoms with van der Waals surface area (Å²) in [6, 6.07) is 5.71. The molecule has 0 aromatic heterocycles. The van der Waals surface area contributed by atoms with Gasteiger partial charge in [-0.05, 0) is 51.0 Å². The number of rotatable bonds is 6. The van der Waals surface area contributed by atoms with Crippen LogP contribution >= 0.6 is 0 Å². The van der Waals surface area contributed by atoms with Gasteiger partial charge in [-0.3, -0.25) is 4.79 Å². The number of amides is 1. The highest BCUT2D eigenvalue weighted by atomic mass is 16.5. The number of carbonyl (C=O) groups excluding carboxylic acids is 1. The summed E-state index contributed by atoms with van der Waals surface area (Å²) in [6.45, 7) is 7.86. The minimum Gasteiger partial charge on any atom is -0.493 e. The van der Waals surface area contributed by atoms with Gasteiger partial charge >= 0.3 is 0 Å². The zero-order chi connectivity index (χ0) is 14.4. The Bertz CT molecular complexity index is 427. The van der Waals surface area contributed by atoms with E-state index in [9.17, 15) is 9.90 Å². The van der Waals surface area contributed by atoms with E-state index in [2.05, 4.69) is 5.32 Å². The Morgan fingerprint density at radius 2 is 2.05 bits per heavy atom. The first kappa shape index (κ1) is 15.5. The summed E-state index contributed by atoms with van der Waals surface area (Å²) in [6.07, 6.45) is -0.139. The molecule has 4 heteroatoms. The van der Waals surface area contributed by atoms with Crippen LogP contribution in [0.1, 0.15) is 44.4 Å². The predicted octanol–water partition coefficient (Wildman–Crippen LogP) is 2.34. The lowest BCUT2D eigenvalue weighted by Crippen LogP contribution is -2.31.